The largest absolute Gasteiger partial charge is 0.457 e. The van der Waals surface area contributed by atoms with Gasteiger partial charge in [0.25, 0.3) is 0 Å². The summed E-state index contributed by atoms with van der Waals surface area (Å²) >= 11 is 0. The van der Waals surface area contributed by atoms with E-state index in [1.807, 2.05) is 30.3 Å². The van der Waals surface area contributed by atoms with Crippen LogP contribution in [0.3, 0.4) is 0 Å². The van der Waals surface area contributed by atoms with Crippen molar-refractivity contribution in [2.75, 3.05) is 13.1 Å². The zero-order valence-electron chi connectivity index (χ0n) is 16.0. The number of nitrogens with zero attached hydrogens (tertiary/aromatic N) is 1. The van der Waals surface area contributed by atoms with Crippen LogP contribution in [0.25, 0.3) is 0 Å². The molecule has 2 aliphatic rings. The highest BCUT2D eigenvalue weighted by molar-refractivity contribution is 7.89. The summed E-state index contributed by atoms with van der Waals surface area (Å²) in [7, 11) is -3.54. The molecule has 0 aromatic heterocycles. The summed E-state index contributed by atoms with van der Waals surface area (Å²) in [5.74, 6) is 1.68. The number of sulfonamides is 1. The second-order valence-electron chi connectivity index (χ2n) is 7.61. The predicted octanol–water partition coefficient (Wildman–Crippen LogP) is 3.18. The van der Waals surface area contributed by atoms with Gasteiger partial charge in [-0.2, -0.15) is 4.31 Å². The van der Waals surface area contributed by atoms with Crippen molar-refractivity contribution in [1.29, 1.82) is 0 Å². The first-order valence-corrected chi connectivity index (χ1v) is 11.2. The Morgan fingerprint density at radius 3 is 2.17 bits per heavy atom. The average Bonchev–Trinajstić information content (AvgIpc) is 3.28. The number of fused-ring (bicyclic) bond motifs is 1. The molecule has 2 atom stereocenters. The van der Waals surface area contributed by atoms with Crippen molar-refractivity contribution in [2.45, 2.75) is 23.8 Å². The van der Waals surface area contributed by atoms with Gasteiger partial charge in [0.15, 0.2) is 0 Å². The monoisotopic (exact) mass is 412 g/mol. The first-order valence-electron chi connectivity index (χ1n) is 9.72. The normalized spacial score (nSPS) is 24.1. The van der Waals surface area contributed by atoms with E-state index < -0.39 is 10.0 Å². The van der Waals surface area contributed by atoms with Crippen molar-refractivity contribution in [3.63, 3.8) is 0 Å². The molecule has 4 rings (SSSR count). The predicted molar refractivity (Wildman–Crippen MR) is 110 cm³/mol. The van der Waals surface area contributed by atoms with Gasteiger partial charge in [0.05, 0.1) is 4.90 Å². The number of nitrogens with one attached hydrogen (secondary N) is 1. The summed E-state index contributed by atoms with van der Waals surface area (Å²) in [5.41, 5.74) is 0. The van der Waals surface area contributed by atoms with Crippen molar-refractivity contribution in [3.8, 4) is 11.5 Å². The fourth-order valence-electron chi connectivity index (χ4n) is 4.28. The van der Waals surface area contributed by atoms with Crippen LogP contribution >= 0.6 is 0 Å². The van der Waals surface area contributed by atoms with Crippen LogP contribution in [0, 0.1) is 11.8 Å². The molecular weight excluding hydrogens is 388 g/mol. The number of benzene rings is 2. The van der Waals surface area contributed by atoms with E-state index in [0.717, 1.165) is 12.8 Å². The average molecular weight is 413 g/mol. The molecule has 0 bridgehead atoms. The topological polar surface area (TPSA) is 75.7 Å². The van der Waals surface area contributed by atoms with Crippen molar-refractivity contribution in [1.82, 2.24) is 9.62 Å². The lowest BCUT2D eigenvalue weighted by Gasteiger charge is -2.19. The molecule has 1 saturated carbocycles. The van der Waals surface area contributed by atoms with Crippen molar-refractivity contribution < 1.29 is 17.9 Å². The summed E-state index contributed by atoms with van der Waals surface area (Å²) in [4.78, 5) is 11.8. The molecule has 7 heteroatoms. The highest BCUT2D eigenvalue weighted by Gasteiger charge is 2.45. The molecular formula is C22H24N2O4S. The summed E-state index contributed by atoms with van der Waals surface area (Å²) in [6.45, 7) is 4.47. The maximum Gasteiger partial charge on any atom is 0.243 e. The second kappa shape index (κ2) is 8.00. The van der Waals surface area contributed by atoms with Crippen LogP contribution < -0.4 is 10.1 Å². The summed E-state index contributed by atoms with van der Waals surface area (Å²) in [6.07, 6.45) is 2.89. The van der Waals surface area contributed by atoms with E-state index in [2.05, 4.69) is 11.9 Å². The first-order chi connectivity index (χ1) is 14.0. The molecule has 1 amide bonds. The van der Waals surface area contributed by atoms with Crippen LogP contribution in [0.4, 0.5) is 0 Å². The van der Waals surface area contributed by atoms with Crippen molar-refractivity contribution >= 4 is 15.9 Å². The SMILES string of the molecule is C=CC(=O)NC1CC2CN(S(=O)(=O)c3ccc(Oc4ccccc4)cc3)CC2C1. The van der Waals surface area contributed by atoms with Crippen LogP contribution in [0.1, 0.15) is 12.8 Å². The number of ether oxygens (including phenoxy) is 1. The number of carbonyl (C=O) groups excluding carboxylic acids is 1. The number of carbonyl (C=O) groups is 1. The molecule has 0 radical (unpaired) electrons. The Hall–Kier alpha value is -2.64. The van der Waals surface area contributed by atoms with Crippen LogP contribution in [-0.4, -0.2) is 37.8 Å². The fourth-order valence-corrected chi connectivity index (χ4v) is 5.84. The molecule has 1 aliphatic heterocycles. The van der Waals surface area contributed by atoms with E-state index in [-0.39, 0.29) is 28.7 Å². The lowest BCUT2D eigenvalue weighted by molar-refractivity contribution is -0.117. The van der Waals surface area contributed by atoms with Gasteiger partial charge < -0.3 is 10.1 Å². The highest BCUT2D eigenvalue weighted by atomic mass is 32.2. The van der Waals surface area contributed by atoms with E-state index in [9.17, 15) is 13.2 Å². The van der Waals surface area contributed by atoms with Crippen LogP contribution in [-0.2, 0) is 14.8 Å². The van der Waals surface area contributed by atoms with E-state index in [1.54, 1.807) is 28.6 Å². The van der Waals surface area contributed by atoms with Gasteiger partial charge in [-0.05, 0) is 67.2 Å². The Morgan fingerprint density at radius 1 is 1.00 bits per heavy atom. The summed E-state index contributed by atoms with van der Waals surface area (Å²) in [5, 5.41) is 2.93. The zero-order valence-corrected chi connectivity index (χ0v) is 16.8. The van der Waals surface area contributed by atoms with Gasteiger partial charge in [0.1, 0.15) is 11.5 Å². The van der Waals surface area contributed by atoms with Gasteiger partial charge in [-0.15, -0.1) is 0 Å². The minimum absolute atomic E-state index is 0.106. The summed E-state index contributed by atoms with van der Waals surface area (Å²) in [6, 6.07) is 16.0. The lowest BCUT2D eigenvalue weighted by Crippen LogP contribution is -2.35. The Balaban J connectivity index is 1.40. The number of hydrogen-bond acceptors (Lipinski definition) is 4. The quantitative estimate of drug-likeness (QED) is 0.740. The van der Waals surface area contributed by atoms with Crippen LogP contribution in [0.5, 0.6) is 11.5 Å². The lowest BCUT2D eigenvalue weighted by atomic mass is 10.0. The maximum absolute atomic E-state index is 13.0. The Labute approximate surface area is 171 Å². The molecule has 0 spiro atoms. The molecule has 29 heavy (non-hydrogen) atoms. The number of para-hydroxylation sites is 1. The van der Waals surface area contributed by atoms with Crippen LogP contribution in [0.2, 0.25) is 0 Å². The molecule has 1 aliphatic carbocycles. The first kappa shape index (κ1) is 19.7. The van der Waals surface area contributed by atoms with Gasteiger partial charge in [-0.25, -0.2) is 8.42 Å². The van der Waals surface area contributed by atoms with Gasteiger partial charge in [0.2, 0.25) is 15.9 Å². The minimum Gasteiger partial charge on any atom is -0.457 e. The standard InChI is InChI=1S/C22H24N2O4S/c1-2-22(25)23-18-12-16-14-24(15-17(16)13-18)29(26,27)21-10-8-20(9-11-21)28-19-6-4-3-5-7-19/h2-11,16-18H,1,12-15H2,(H,23,25). The molecule has 2 unspecified atom stereocenters. The number of amides is 1. The smallest absolute Gasteiger partial charge is 0.243 e. The molecule has 6 nitrogen and oxygen atoms in total. The molecule has 152 valence electrons. The minimum atomic E-state index is -3.54. The molecule has 2 fully saturated rings. The Bertz CT molecular complexity index is 975. The number of hydrogen-bond donors (Lipinski definition) is 1. The molecule has 1 saturated heterocycles. The number of rotatable bonds is 6. The third kappa shape index (κ3) is 4.21. The van der Waals surface area contributed by atoms with Crippen molar-refractivity contribution in [2.24, 2.45) is 11.8 Å². The molecule has 1 N–H and O–H groups in total. The van der Waals surface area contributed by atoms with E-state index in [4.69, 9.17) is 4.74 Å². The second-order valence-corrected chi connectivity index (χ2v) is 9.55. The van der Waals surface area contributed by atoms with Crippen LogP contribution in [0.15, 0.2) is 72.1 Å². The van der Waals surface area contributed by atoms with Gasteiger partial charge in [0, 0.05) is 19.1 Å². The highest BCUT2D eigenvalue weighted by Crippen LogP contribution is 2.40. The molecule has 2 aromatic rings. The fraction of sp³-hybridized carbons (Fsp3) is 0.318. The third-order valence-electron chi connectivity index (χ3n) is 5.69. The van der Waals surface area contributed by atoms with Gasteiger partial charge >= 0.3 is 0 Å². The van der Waals surface area contributed by atoms with Gasteiger partial charge in [-0.3, -0.25) is 4.79 Å². The molecule has 2 aromatic carbocycles. The third-order valence-corrected chi connectivity index (χ3v) is 7.54. The van der Waals surface area contributed by atoms with Gasteiger partial charge in [-0.1, -0.05) is 24.8 Å². The van der Waals surface area contributed by atoms with E-state index in [1.165, 1.54) is 6.08 Å². The zero-order chi connectivity index (χ0) is 20.4. The van der Waals surface area contributed by atoms with Crippen molar-refractivity contribution in [3.05, 3.63) is 67.3 Å². The maximum atomic E-state index is 13.0. The Morgan fingerprint density at radius 2 is 1.59 bits per heavy atom. The Kier molecular flexibility index (Phi) is 5.43. The molecule has 1 heterocycles. The van der Waals surface area contributed by atoms with E-state index >= 15 is 0 Å². The van der Waals surface area contributed by atoms with E-state index in [0.29, 0.717) is 24.6 Å². The summed E-state index contributed by atoms with van der Waals surface area (Å²) < 4.78 is 33.4.